The van der Waals surface area contributed by atoms with Gasteiger partial charge >= 0.3 is 6.18 Å². The van der Waals surface area contributed by atoms with Gasteiger partial charge in [0.1, 0.15) is 5.75 Å². The molecule has 0 saturated heterocycles. The summed E-state index contributed by atoms with van der Waals surface area (Å²) in [6.07, 6.45) is -5.07. The Morgan fingerprint density at radius 2 is 2.15 bits per heavy atom. The van der Waals surface area contributed by atoms with Crippen LogP contribution in [-0.2, 0) is 6.54 Å². The van der Waals surface area contributed by atoms with E-state index in [0.717, 1.165) is 0 Å². The first-order valence-electron chi connectivity index (χ1n) is 5.79. The van der Waals surface area contributed by atoms with Gasteiger partial charge in [0.2, 0.25) is 0 Å². The molecule has 0 radical (unpaired) electrons. The van der Waals surface area contributed by atoms with Crippen molar-refractivity contribution in [3.8, 4) is 5.75 Å². The molecule has 0 amide bonds. The quantitative estimate of drug-likeness (QED) is 0.246. The first-order chi connectivity index (χ1) is 9.37. The predicted octanol–water partition coefficient (Wildman–Crippen LogP) is 1.83. The molecule has 0 heterocycles. The minimum atomic E-state index is -4.17. The lowest BCUT2D eigenvalue weighted by atomic mass is 10.1. The van der Waals surface area contributed by atoms with Gasteiger partial charge in [0.05, 0.1) is 19.1 Å². The number of benzene rings is 1. The Morgan fingerprint density at radius 3 is 2.70 bits per heavy atom. The van der Waals surface area contributed by atoms with Gasteiger partial charge in [-0.3, -0.25) is 0 Å². The standard InChI is InChI=1S/C12H16F3N3O2/c1-20-10-3-2-8(6-9(10)11(16)18-19)7-17-5-4-12(13,14)15/h2-3,6,17,19H,4-5,7H2,1H3,(H2,16,18). The SMILES string of the molecule is COc1ccc(CNCCC(F)(F)F)cc1C(N)=NO. The van der Waals surface area contributed by atoms with E-state index in [1.165, 1.54) is 7.11 Å². The van der Waals surface area contributed by atoms with Gasteiger partial charge in [-0.25, -0.2) is 0 Å². The van der Waals surface area contributed by atoms with Crippen LogP contribution in [0.3, 0.4) is 0 Å². The topological polar surface area (TPSA) is 79.9 Å². The Balaban J connectivity index is 2.68. The van der Waals surface area contributed by atoms with Crippen LogP contribution in [0.2, 0.25) is 0 Å². The fraction of sp³-hybridized carbons (Fsp3) is 0.417. The molecule has 0 bridgehead atoms. The van der Waals surface area contributed by atoms with Crippen molar-refractivity contribution in [1.82, 2.24) is 5.32 Å². The zero-order chi connectivity index (χ0) is 15.2. The van der Waals surface area contributed by atoms with Crippen LogP contribution in [0.4, 0.5) is 13.2 Å². The van der Waals surface area contributed by atoms with Crippen LogP contribution in [0.15, 0.2) is 23.4 Å². The summed E-state index contributed by atoms with van der Waals surface area (Å²) < 4.78 is 41.0. The summed E-state index contributed by atoms with van der Waals surface area (Å²) in [7, 11) is 1.44. The fourth-order valence-corrected chi connectivity index (χ4v) is 1.58. The minimum absolute atomic E-state index is 0.126. The molecule has 0 aliphatic rings. The summed E-state index contributed by atoms with van der Waals surface area (Å²) in [5.41, 5.74) is 6.59. The number of nitrogens with two attached hydrogens (primary N) is 1. The Hall–Kier alpha value is -1.96. The zero-order valence-corrected chi connectivity index (χ0v) is 10.9. The van der Waals surface area contributed by atoms with Crippen molar-refractivity contribution in [2.45, 2.75) is 19.1 Å². The summed E-state index contributed by atoms with van der Waals surface area (Å²) in [6.45, 7) is 0.0697. The Morgan fingerprint density at radius 1 is 1.45 bits per heavy atom. The summed E-state index contributed by atoms with van der Waals surface area (Å²) in [4.78, 5) is 0. The lowest BCUT2D eigenvalue weighted by molar-refractivity contribution is -0.133. The molecule has 1 aromatic rings. The molecule has 0 aliphatic carbocycles. The Kier molecular flexibility index (Phi) is 5.63. The second-order valence-electron chi connectivity index (χ2n) is 4.06. The van der Waals surface area contributed by atoms with Crippen molar-refractivity contribution in [1.29, 1.82) is 0 Å². The second-order valence-corrected chi connectivity index (χ2v) is 4.06. The lowest BCUT2D eigenvalue weighted by Gasteiger charge is -2.11. The van der Waals surface area contributed by atoms with E-state index in [4.69, 9.17) is 15.7 Å². The number of halogens is 3. The predicted molar refractivity (Wildman–Crippen MR) is 67.9 cm³/mol. The van der Waals surface area contributed by atoms with Crippen LogP contribution in [0.25, 0.3) is 0 Å². The van der Waals surface area contributed by atoms with Crippen molar-refractivity contribution in [3.05, 3.63) is 29.3 Å². The van der Waals surface area contributed by atoms with E-state index in [1.807, 2.05) is 0 Å². The summed E-state index contributed by atoms with van der Waals surface area (Å²) in [6, 6.07) is 4.89. The zero-order valence-electron chi connectivity index (χ0n) is 10.9. The molecule has 4 N–H and O–H groups in total. The highest BCUT2D eigenvalue weighted by molar-refractivity contribution is 5.99. The number of rotatable bonds is 6. The molecule has 0 spiro atoms. The number of methoxy groups -OCH3 is 1. The van der Waals surface area contributed by atoms with E-state index < -0.39 is 12.6 Å². The maximum Gasteiger partial charge on any atom is 0.390 e. The van der Waals surface area contributed by atoms with Gasteiger partial charge in [0.15, 0.2) is 5.84 Å². The maximum atomic E-state index is 12.0. The number of amidine groups is 1. The third kappa shape index (κ3) is 4.96. The molecule has 0 saturated carbocycles. The summed E-state index contributed by atoms with van der Waals surface area (Å²) >= 11 is 0. The molecule has 5 nitrogen and oxygen atoms in total. The average molecular weight is 291 g/mol. The number of nitrogens with zero attached hydrogens (tertiary/aromatic N) is 1. The molecule has 8 heteroatoms. The Bertz CT molecular complexity index is 476. The minimum Gasteiger partial charge on any atom is -0.496 e. The van der Waals surface area contributed by atoms with Crippen LogP contribution in [0.5, 0.6) is 5.75 Å². The Labute approximate surface area is 114 Å². The first-order valence-corrected chi connectivity index (χ1v) is 5.79. The molecular weight excluding hydrogens is 275 g/mol. The number of alkyl halides is 3. The second kappa shape index (κ2) is 6.99. The third-order valence-electron chi connectivity index (χ3n) is 2.56. The van der Waals surface area contributed by atoms with E-state index in [9.17, 15) is 13.2 Å². The number of hydrogen-bond donors (Lipinski definition) is 3. The van der Waals surface area contributed by atoms with Crippen molar-refractivity contribution in [2.75, 3.05) is 13.7 Å². The molecule has 112 valence electrons. The number of ether oxygens (including phenoxy) is 1. The van der Waals surface area contributed by atoms with Crippen molar-refractivity contribution in [2.24, 2.45) is 10.9 Å². The van der Waals surface area contributed by atoms with Gasteiger partial charge in [-0.1, -0.05) is 11.2 Å². The van der Waals surface area contributed by atoms with E-state index in [-0.39, 0.29) is 18.9 Å². The highest BCUT2D eigenvalue weighted by Crippen LogP contribution is 2.20. The number of oxime groups is 1. The smallest absolute Gasteiger partial charge is 0.390 e. The highest BCUT2D eigenvalue weighted by atomic mass is 19.4. The first kappa shape index (κ1) is 16.1. The molecule has 1 rings (SSSR count). The van der Waals surface area contributed by atoms with E-state index >= 15 is 0 Å². The monoisotopic (exact) mass is 291 g/mol. The van der Waals surface area contributed by atoms with Crippen LogP contribution in [0.1, 0.15) is 17.5 Å². The fourth-order valence-electron chi connectivity index (χ4n) is 1.58. The van der Waals surface area contributed by atoms with Gasteiger partial charge < -0.3 is 21.0 Å². The van der Waals surface area contributed by atoms with Gasteiger partial charge in [0, 0.05) is 13.1 Å². The summed E-state index contributed by atoms with van der Waals surface area (Å²) in [5.74, 6) is 0.290. The van der Waals surface area contributed by atoms with Crippen molar-refractivity contribution in [3.63, 3.8) is 0 Å². The van der Waals surface area contributed by atoms with E-state index in [0.29, 0.717) is 16.9 Å². The van der Waals surface area contributed by atoms with Gasteiger partial charge in [0.25, 0.3) is 0 Å². The largest absolute Gasteiger partial charge is 0.496 e. The molecule has 0 fully saturated rings. The molecule has 20 heavy (non-hydrogen) atoms. The van der Waals surface area contributed by atoms with Crippen LogP contribution >= 0.6 is 0 Å². The highest BCUT2D eigenvalue weighted by Gasteiger charge is 2.25. The third-order valence-corrected chi connectivity index (χ3v) is 2.56. The van der Waals surface area contributed by atoms with E-state index in [2.05, 4.69) is 10.5 Å². The molecule has 1 aromatic carbocycles. The lowest BCUT2D eigenvalue weighted by Crippen LogP contribution is -2.21. The number of hydrogen-bond acceptors (Lipinski definition) is 4. The van der Waals surface area contributed by atoms with E-state index in [1.54, 1.807) is 18.2 Å². The maximum absolute atomic E-state index is 12.0. The van der Waals surface area contributed by atoms with Crippen LogP contribution in [-0.4, -0.2) is 30.9 Å². The normalized spacial score (nSPS) is 12.5. The average Bonchev–Trinajstić information content (AvgIpc) is 2.41. The van der Waals surface area contributed by atoms with Gasteiger partial charge in [-0.05, 0) is 17.7 Å². The molecule has 0 unspecified atom stereocenters. The van der Waals surface area contributed by atoms with Crippen molar-refractivity contribution >= 4 is 5.84 Å². The van der Waals surface area contributed by atoms with Gasteiger partial charge in [-0.2, -0.15) is 13.2 Å². The summed E-state index contributed by atoms with van der Waals surface area (Å²) in [5, 5.41) is 14.2. The van der Waals surface area contributed by atoms with Gasteiger partial charge in [-0.15, -0.1) is 0 Å². The van der Waals surface area contributed by atoms with Crippen LogP contribution < -0.4 is 15.8 Å². The van der Waals surface area contributed by atoms with Crippen molar-refractivity contribution < 1.29 is 23.1 Å². The molecule has 0 aromatic heterocycles. The number of nitrogens with one attached hydrogen (secondary N) is 1. The molecule has 0 atom stereocenters. The molecule has 0 aliphatic heterocycles. The van der Waals surface area contributed by atoms with Crippen LogP contribution in [0, 0.1) is 0 Å². The molecular formula is C12H16F3N3O2.